The van der Waals surface area contributed by atoms with Crippen LogP contribution in [0.1, 0.15) is 18.4 Å². The minimum Gasteiger partial charge on any atom is -0.497 e. The summed E-state index contributed by atoms with van der Waals surface area (Å²) >= 11 is 0. The van der Waals surface area contributed by atoms with Crippen LogP contribution >= 0.6 is 0 Å². The van der Waals surface area contributed by atoms with Gasteiger partial charge in [0.05, 0.1) is 7.11 Å². The maximum atomic E-state index is 12.7. The van der Waals surface area contributed by atoms with Crippen molar-refractivity contribution < 1.29 is 14.3 Å². The van der Waals surface area contributed by atoms with Crippen molar-refractivity contribution in [1.82, 2.24) is 10.2 Å². The second kappa shape index (κ2) is 7.54. The lowest BCUT2D eigenvalue weighted by atomic mass is 9.86. The molecule has 1 spiro atoms. The summed E-state index contributed by atoms with van der Waals surface area (Å²) in [6.07, 6.45) is 1.32. The molecule has 6 nitrogen and oxygen atoms in total. The summed E-state index contributed by atoms with van der Waals surface area (Å²) in [5, 5.41) is 2.99. The van der Waals surface area contributed by atoms with Crippen LogP contribution in [0.4, 0.5) is 10.5 Å². The van der Waals surface area contributed by atoms with E-state index in [1.54, 1.807) is 7.11 Å². The van der Waals surface area contributed by atoms with Gasteiger partial charge < -0.3 is 19.9 Å². The van der Waals surface area contributed by atoms with Crippen molar-refractivity contribution in [3.63, 3.8) is 0 Å². The standard InChI is InChI=1S/C22H25N3O3/c1-28-19-9-5-8-18(12-19)25-16-22(13-20(25)26)10-11-24(15-22)21(27)23-14-17-6-3-2-4-7-17/h2-9,12H,10-11,13-16H2,1H3,(H,23,27)/t22-/m1/s1. The second-order valence-corrected chi connectivity index (χ2v) is 7.67. The van der Waals surface area contributed by atoms with Gasteiger partial charge in [0.1, 0.15) is 5.75 Å². The van der Waals surface area contributed by atoms with Crippen molar-refractivity contribution in [2.24, 2.45) is 5.41 Å². The average Bonchev–Trinajstić information content (AvgIpc) is 3.29. The van der Waals surface area contributed by atoms with E-state index in [2.05, 4.69) is 5.32 Å². The Morgan fingerprint density at radius 2 is 1.96 bits per heavy atom. The lowest BCUT2D eigenvalue weighted by molar-refractivity contribution is -0.117. The quantitative estimate of drug-likeness (QED) is 0.888. The van der Waals surface area contributed by atoms with Gasteiger partial charge in [0.2, 0.25) is 5.91 Å². The van der Waals surface area contributed by atoms with Crippen LogP contribution in [0.5, 0.6) is 5.75 Å². The smallest absolute Gasteiger partial charge is 0.317 e. The van der Waals surface area contributed by atoms with Gasteiger partial charge in [0.15, 0.2) is 0 Å². The first-order chi connectivity index (χ1) is 13.6. The molecule has 2 fully saturated rings. The minimum absolute atomic E-state index is 0.0620. The molecule has 146 valence electrons. The predicted molar refractivity (Wildman–Crippen MR) is 107 cm³/mol. The summed E-state index contributed by atoms with van der Waals surface area (Å²) in [4.78, 5) is 28.9. The second-order valence-electron chi connectivity index (χ2n) is 7.67. The zero-order valence-electron chi connectivity index (χ0n) is 16.1. The van der Waals surface area contributed by atoms with E-state index in [4.69, 9.17) is 4.74 Å². The Kier molecular flexibility index (Phi) is 4.94. The molecule has 0 aromatic heterocycles. The van der Waals surface area contributed by atoms with Crippen molar-refractivity contribution in [2.75, 3.05) is 31.6 Å². The molecule has 2 aliphatic rings. The van der Waals surface area contributed by atoms with Crippen LogP contribution in [0.3, 0.4) is 0 Å². The van der Waals surface area contributed by atoms with Gasteiger partial charge in [-0.3, -0.25) is 4.79 Å². The van der Waals surface area contributed by atoms with Gasteiger partial charge in [-0.1, -0.05) is 36.4 Å². The van der Waals surface area contributed by atoms with E-state index in [1.807, 2.05) is 64.4 Å². The van der Waals surface area contributed by atoms with Crippen molar-refractivity contribution >= 4 is 17.6 Å². The number of hydrogen-bond acceptors (Lipinski definition) is 3. The molecule has 3 amide bonds. The van der Waals surface area contributed by atoms with Gasteiger partial charge in [-0.05, 0) is 24.1 Å². The van der Waals surface area contributed by atoms with E-state index >= 15 is 0 Å². The zero-order chi connectivity index (χ0) is 19.6. The number of likely N-dealkylation sites (tertiary alicyclic amines) is 1. The molecule has 0 saturated carbocycles. The predicted octanol–water partition coefficient (Wildman–Crippen LogP) is 3.03. The van der Waals surface area contributed by atoms with E-state index in [0.717, 1.165) is 23.4 Å². The molecule has 28 heavy (non-hydrogen) atoms. The van der Waals surface area contributed by atoms with Crippen LogP contribution in [0.25, 0.3) is 0 Å². The topological polar surface area (TPSA) is 61.9 Å². The largest absolute Gasteiger partial charge is 0.497 e. The third-order valence-corrected chi connectivity index (χ3v) is 5.70. The number of amides is 3. The first-order valence-electron chi connectivity index (χ1n) is 9.60. The fraction of sp³-hybridized carbons (Fsp3) is 0.364. The summed E-state index contributed by atoms with van der Waals surface area (Å²) in [7, 11) is 1.62. The summed E-state index contributed by atoms with van der Waals surface area (Å²) in [5.74, 6) is 0.847. The Hall–Kier alpha value is -3.02. The van der Waals surface area contributed by atoms with Gasteiger partial charge in [-0.15, -0.1) is 0 Å². The number of urea groups is 1. The Labute approximate surface area is 165 Å². The third kappa shape index (κ3) is 3.67. The van der Waals surface area contributed by atoms with Gasteiger partial charge in [0.25, 0.3) is 0 Å². The van der Waals surface area contributed by atoms with Crippen LogP contribution in [-0.2, 0) is 11.3 Å². The molecule has 1 N–H and O–H groups in total. The summed E-state index contributed by atoms with van der Waals surface area (Å²) in [6.45, 7) is 2.44. The van der Waals surface area contributed by atoms with E-state index in [-0.39, 0.29) is 17.4 Å². The van der Waals surface area contributed by atoms with E-state index < -0.39 is 0 Å². The number of carbonyl (C=O) groups excluding carboxylic acids is 2. The van der Waals surface area contributed by atoms with Crippen molar-refractivity contribution in [3.8, 4) is 5.75 Å². The molecular formula is C22H25N3O3. The maximum Gasteiger partial charge on any atom is 0.317 e. The van der Waals surface area contributed by atoms with Crippen molar-refractivity contribution in [2.45, 2.75) is 19.4 Å². The van der Waals surface area contributed by atoms with Crippen LogP contribution in [0.15, 0.2) is 54.6 Å². The number of carbonyl (C=O) groups is 2. The molecule has 6 heteroatoms. The molecule has 2 aliphatic heterocycles. The number of rotatable bonds is 4. The summed E-state index contributed by atoms with van der Waals surface area (Å²) < 4.78 is 5.28. The molecule has 2 saturated heterocycles. The molecule has 0 radical (unpaired) electrons. The normalized spacial score (nSPS) is 21.4. The minimum atomic E-state index is -0.162. The number of benzene rings is 2. The van der Waals surface area contributed by atoms with Gasteiger partial charge in [-0.25, -0.2) is 4.79 Å². The van der Waals surface area contributed by atoms with Crippen molar-refractivity contribution in [1.29, 1.82) is 0 Å². The molecule has 0 unspecified atom stereocenters. The number of methoxy groups -OCH3 is 1. The highest BCUT2D eigenvalue weighted by molar-refractivity contribution is 5.96. The average molecular weight is 379 g/mol. The molecule has 1 atom stereocenters. The van der Waals surface area contributed by atoms with E-state index in [1.165, 1.54) is 0 Å². The maximum absolute atomic E-state index is 12.7. The molecule has 4 rings (SSSR count). The first-order valence-corrected chi connectivity index (χ1v) is 9.60. The van der Waals surface area contributed by atoms with Crippen LogP contribution in [-0.4, -0.2) is 43.6 Å². The summed E-state index contributed by atoms with van der Waals surface area (Å²) in [6, 6.07) is 17.4. The molecular weight excluding hydrogens is 354 g/mol. The molecule has 2 heterocycles. The Morgan fingerprint density at radius 1 is 1.14 bits per heavy atom. The van der Waals surface area contributed by atoms with Gasteiger partial charge >= 0.3 is 6.03 Å². The highest BCUT2D eigenvalue weighted by Crippen LogP contribution is 2.42. The molecule has 2 aromatic carbocycles. The molecule has 2 aromatic rings. The lowest BCUT2D eigenvalue weighted by Gasteiger charge is -2.24. The van der Waals surface area contributed by atoms with Gasteiger partial charge in [0, 0.05) is 49.8 Å². The van der Waals surface area contributed by atoms with Gasteiger partial charge in [-0.2, -0.15) is 0 Å². The third-order valence-electron chi connectivity index (χ3n) is 5.70. The van der Waals surface area contributed by atoms with Crippen LogP contribution in [0.2, 0.25) is 0 Å². The van der Waals surface area contributed by atoms with E-state index in [0.29, 0.717) is 32.6 Å². The van der Waals surface area contributed by atoms with Crippen LogP contribution in [0, 0.1) is 5.41 Å². The Balaban J connectivity index is 1.39. The number of anilines is 1. The first kappa shape index (κ1) is 18.3. The Morgan fingerprint density at radius 3 is 2.75 bits per heavy atom. The number of nitrogens with zero attached hydrogens (tertiary/aromatic N) is 2. The highest BCUT2D eigenvalue weighted by Gasteiger charge is 2.48. The number of ether oxygens (including phenoxy) is 1. The SMILES string of the molecule is COc1cccc(N2C[C@]3(CCN(C(=O)NCc4ccccc4)C3)CC2=O)c1. The fourth-order valence-corrected chi connectivity index (χ4v) is 4.18. The fourth-order valence-electron chi connectivity index (χ4n) is 4.18. The highest BCUT2D eigenvalue weighted by atomic mass is 16.5. The lowest BCUT2D eigenvalue weighted by Crippen LogP contribution is -2.40. The van der Waals surface area contributed by atoms with E-state index in [9.17, 15) is 9.59 Å². The zero-order valence-corrected chi connectivity index (χ0v) is 16.1. The molecule has 0 bridgehead atoms. The molecule has 0 aliphatic carbocycles. The van der Waals surface area contributed by atoms with Crippen LogP contribution < -0.4 is 15.0 Å². The number of nitrogens with one attached hydrogen (secondary N) is 1. The Bertz CT molecular complexity index is 870. The summed E-state index contributed by atoms with van der Waals surface area (Å²) in [5.41, 5.74) is 1.77. The monoisotopic (exact) mass is 379 g/mol. The number of hydrogen-bond donors (Lipinski definition) is 1. The van der Waals surface area contributed by atoms with Crippen molar-refractivity contribution in [3.05, 3.63) is 60.2 Å².